The molecule has 1 aromatic rings. The molecule has 140 valence electrons. The predicted molar refractivity (Wildman–Crippen MR) is 97.1 cm³/mol. The lowest BCUT2D eigenvalue weighted by atomic mass is 10.2. The SMILES string of the molecule is O=C(OCN1C[C@@H](S)C[C@H]1C(=O)N1CCCC1)c1ccc([N+](=O)[O-])cc1. The first-order valence-electron chi connectivity index (χ1n) is 8.58. The van der Waals surface area contributed by atoms with E-state index in [1.54, 1.807) is 0 Å². The molecule has 0 spiro atoms. The Bertz CT molecular complexity index is 690. The second-order valence-corrected chi connectivity index (χ2v) is 7.30. The fourth-order valence-corrected chi connectivity index (χ4v) is 3.78. The fraction of sp³-hybridized carbons (Fsp3) is 0.529. The largest absolute Gasteiger partial charge is 0.446 e. The van der Waals surface area contributed by atoms with Crippen molar-refractivity contribution >= 4 is 30.2 Å². The lowest BCUT2D eigenvalue weighted by Crippen LogP contribution is -2.45. The highest BCUT2D eigenvalue weighted by atomic mass is 32.1. The quantitative estimate of drug-likeness (QED) is 0.362. The molecular weight excluding hydrogens is 358 g/mol. The minimum absolute atomic E-state index is 0.00285. The van der Waals surface area contributed by atoms with Gasteiger partial charge in [-0.3, -0.25) is 19.8 Å². The maximum atomic E-state index is 12.7. The van der Waals surface area contributed by atoms with Crippen LogP contribution in [0.15, 0.2) is 24.3 Å². The topological polar surface area (TPSA) is 93.0 Å². The maximum absolute atomic E-state index is 12.7. The Balaban J connectivity index is 1.58. The van der Waals surface area contributed by atoms with Crippen molar-refractivity contribution in [1.29, 1.82) is 0 Å². The minimum Gasteiger partial charge on any atom is -0.446 e. The third-order valence-corrected chi connectivity index (χ3v) is 5.13. The van der Waals surface area contributed by atoms with Crippen molar-refractivity contribution in [2.45, 2.75) is 30.6 Å². The van der Waals surface area contributed by atoms with Crippen LogP contribution in [0.2, 0.25) is 0 Å². The van der Waals surface area contributed by atoms with Crippen molar-refractivity contribution in [3.05, 3.63) is 39.9 Å². The minimum atomic E-state index is -0.574. The molecule has 3 rings (SSSR count). The zero-order valence-electron chi connectivity index (χ0n) is 14.2. The van der Waals surface area contributed by atoms with Crippen LogP contribution in [0.4, 0.5) is 5.69 Å². The van der Waals surface area contributed by atoms with Crippen LogP contribution < -0.4 is 0 Å². The summed E-state index contributed by atoms with van der Waals surface area (Å²) in [4.78, 5) is 38.7. The molecule has 0 saturated carbocycles. The Morgan fingerprint density at radius 3 is 2.50 bits per heavy atom. The van der Waals surface area contributed by atoms with Crippen LogP contribution >= 0.6 is 12.6 Å². The summed E-state index contributed by atoms with van der Waals surface area (Å²) in [6.45, 7) is 2.13. The molecule has 2 heterocycles. The van der Waals surface area contributed by atoms with Crippen molar-refractivity contribution < 1.29 is 19.2 Å². The normalized spacial score (nSPS) is 23.2. The van der Waals surface area contributed by atoms with E-state index >= 15 is 0 Å². The van der Waals surface area contributed by atoms with Crippen molar-refractivity contribution in [3.63, 3.8) is 0 Å². The van der Waals surface area contributed by atoms with Gasteiger partial charge in [0.15, 0.2) is 0 Å². The molecule has 0 aliphatic carbocycles. The predicted octanol–water partition coefficient (Wildman–Crippen LogP) is 1.70. The monoisotopic (exact) mass is 379 g/mol. The third kappa shape index (κ3) is 4.16. The summed E-state index contributed by atoms with van der Waals surface area (Å²) in [6.07, 6.45) is 2.68. The number of ether oxygens (including phenoxy) is 1. The molecule has 1 amide bonds. The molecule has 2 saturated heterocycles. The van der Waals surface area contributed by atoms with Crippen molar-refractivity contribution in [1.82, 2.24) is 9.80 Å². The highest BCUT2D eigenvalue weighted by Gasteiger charge is 2.38. The molecule has 0 radical (unpaired) electrons. The molecule has 9 heteroatoms. The molecule has 2 aliphatic rings. The Kier molecular flexibility index (Phi) is 5.77. The van der Waals surface area contributed by atoms with E-state index in [-0.39, 0.29) is 35.2 Å². The first-order valence-corrected chi connectivity index (χ1v) is 9.10. The van der Waals surface area contributed by atoms with Crippen molar-refractivity contribution in [2.75, 3.05) is 26.4 Å². The summed E-state index contributed by atoms with van der Waals surface area (Å²) in [5.74, 6) is -0.500. The highest BCUT2D eigenvalue weighted by molar-refractivity contribution is 7.81. The number of nitro benzene ring substituents is 1. The van der Waals surface area contributed by atoms with Gasteiger partial charge in [0.25, 0.3) is 5.69 Å². The molecule has 0 unspecified atom stereocenters. The summed E-state index contributed by atoms with van der Waals surface area (Å²) >= 11 is 4.48. The van der Waals surface area contributed by atoms with Gasteiger partial charge < -0.3 is 9.64 Å². The van der Waals surface area contributed by atoms with E-state index in [1.807, 2.05) is 9.80 Å². The molecule has 0 N–H and O–H groups in total. The standard InChI is InChI=1S/C17H21N3O5S/c21-16(18-7-1-2-8-18)15-9-14(26)10-19(15)11-25-17(22)12-3-5-13(6-4-12)20(23)24/h3-6,14-15,26H,1-2,7-11H2/t14-,15-/m0/s1. The van der Waals surface area contributed by atoms with Gasteiger partial charge in [-0.1, -0.05) is 0 Å². The number of non-ortho nitro benzene ring substituents is 1. The zero-order chi connectivity index (χ0) is 18.7. The highest BCUT2D eigenvalue weighted by Crippen LogP contribution is 2.25. The molecule has 0 bridgehead atoms. The molecule has 0 aromatic heterocycles. The van der Waals surface area contributed by atoms with Crippen LogP contribution in [-0.4, -0.2) is 64.3 Å². The average Bonchev–Trinajstić information content (AvgIpc) is 3.29. The van der Waals surface area contributed by atoms with Crippen LogP contribution in [0.25, 0.3) is 0 Å². The van der Waals surface area contributed by atoms with Gasteiger partial charge in [0.05, 0.1) is 16.5 Å². The van der Waals surface area contributed by atoms with Gasteiger partial charge in [-0.05, 0) is 31.4 Å². The molecule has 2 atom stereocenters. The molecule has 8 nitrogen and oxygen atoms in total. The number of hydrogen-bond acceptors (Lipinski definition) is 7. The Labute approximate surface area is 156 Å². The van der Waals surface area contributed by atoms with Crippen LogP contribution in [0, 0.1) is 10.1 Å². The molecular formula is C17H21N3O5S. The van der Waals surface area contributed by atoms with Gasteiger partial charge in [-0.25, -0.2) is 4.79 Å². The van der Waals surface area contributed by atoms with Gasteiger partial charge in [-0.15, -0.1) is 0 Å². The number of esters is 1. The first kappa shape index (κ1) is 18.7. The van der Waals surface area contributed by atoms with Gasteiger partial charge in [0.2, 0.25) is 5.91 Å². The molecule has 26 heavy (non-hydrogen) atoms. The number of amides is 1. The van der Waals surface area contributed by atoms with E-state index in [0.717, 1.165) is 25.9 Å². The number of benzene rings is 1. The number of nitro groups is 1. The Morgan fingerprint density at radius 2 is 1.88 bits per heavy atom. The second-order valence-electron chi connectivity index (χ2n) is 6.57. The fourth-order valence-electron chi connectivity index (χ4n) is 3.37. The summed E-state index contributed by atoms with van der Waals surface area (Å²) in [6, 6.07) is 4.92. The number of carbonyl (C=O) groups excluding carboxylic acids is 2. The van der Waals surface area contributed by atoms with E-state index < -0.39 is 10.9 Å². The first-order chi connectivity index (χ1) is 12.5. The van der Waals surface area contributed by atoms with Crippen LogP contribution in [0.3, 0.4) is 0 Å². The number of rotatable bonds is 5. The van der Waals surface area contributed by atoms with Gasteiger partial charge in [-0.2, -0.15) is 12.6 Å². The Hall–Kier alpha value is -2.13. The molecule has 2 aliphatic heterocycles. The maximum Gasteiger partial charge on any atom is 0.339 e. The number of likely N-dealkylation sites (tertiary alicyclic amines) is 2. The smallest absolute Gasteiger partial charge is 0.339 e. The van der Waals surface area contributed by atoms with Gasteiger partial charge in [0, 0.05) is 37.0 Å². The number of hydrogen-bond donors (Lipinski definition) is 1. The number of nitrogens with zero attached hydrogens (tertiary/aromatic N) is 3. The van der Waals surface area contributed by atoms with Crippen molar-refractivity contribution in [2.24, 2.45) is 0 Å². The van der Waals surface area contributed by atoms with Crippen LogP contribution in [0.5, 0.6) is 0 Å². The van der Waals surface area contributed by atoms with E-state index in [1.165, 1.54) is 24.3 Å². The molecule has 1 aromatic carbocycles. The Morgan fingerprint density at radius 1 is 1.23 bits per heavy atom. The van der Waals surface area contributed by atoms with Crippen LogP contribution in [0.1, 0.15) is 29.6 Å². The average molecular weight is 379 g/mol. The lowest BCUT2D eigenvalue weighted by molar-refractivity contribution is -0.384. The lowest BCUT2D eigenvalue weighted by Gasteiger charge is -2.27. The third-order valence-electron chi connectivity index (χ3n) is 4.76. The van der Waals surface area contributed by atoms with Gasteiger partial charge in [0.1, 0.15) is 6.73 Å². The van der Waals surface area contributed by atoms with Crippen LogP contribution in [-0.2, 0) is 9.53 Å². The summed E-state index contributed by atoms with van der Waals surface area (Å²) < 4.78 is 5.32. The summed E-state index contributed by atoms with van der Waals surface area (Å²) in [5.41, 5.74) is 0.148. The van der Waals surface area contributed by atoms with E-state index in [2.05, 4.69) is 12.6 Å². The molecule has 2 fully saturated rings. The number of carbonyl (C=O) groups is 2. The van der Waals surface area contributed by atoms with Crippen molar-refractivity contribution in [3.8, 4) is 0 Å². The van der Waals surface area contributed by atoms with E-state index in [4.69, 9.17) is 4.74 Å². The van der Waals surface area contributed by atoms with E-state index in [0.29, 0.717) is 13.0 Å². The second kappa shape index (κ2) is 8.05. The number of thiol groups is 1. The zero-order valence-corrected chi connectivity index (χ0v) is 15.1. The summed E-state index contributed by atoms with van der Waals surface area (Å²) in [5, 5.41) is 10.7. The van der Waals surface area contributed by atoms with Gasteiger partial charge >= 0.3 is 5.97 Å². The summed E-state index contributed by atoms with van der Waals surface area (Å²) in [7, 11) is 0. The van der Waals surface area contributed by atoms with E-state index in [9.17, 15) is 19.7 Å².